The first kappa shape index (κ1) is 9.81. The molecule has 0 bridgehead atoms. The Bertz CT molecular complexity index is 262. The third-order valence-corrected chi connectivity index (χ3v) is 1.73. The van der Waals surface area contributed by atoms with Crippen molar-refractivity contribution < 1.29 is 9.84 Å². The summed E-state index contributed by atoms with van der Waals surface area (Å²) in [5.41, 5.74) is 0.894. The lowest BCUT2D eigenvalue weighted by molar-refractivity contribution is 0.199. The molecule has 0 aliphatic carbocycles. The highest BCUT2D eigenvalue weighted by molar-refractivity contribution is 5.28. The molecule has 1 N–H and O–H groups in total. The van der Waals surface area contributed by atoms with Crippen LogP contribution in [0.15, 0.2) is 36.9 Å². The van der Waals surface area contributed by atoms with Gasteiger partial charge in [-0.2, -0.15) is 0 Å². The summed E-state index contributed by atoms with van der Waals surface area (Å²) in [6.45, 7) is 5.80. The van der Waals surface area contributed by atoms with Crippen LogP contribution in [0.2, 0.25) is 0 Å². The third-order valence-electron chi connectivity index (χ3n) is 1.73. The molecule has 0 aliphatic heterocycles. The van der Waals surface area contributed by atoms with Gasteiger partial charge in [-0.1, -0.05) is 24.8 Å². The summed E-state index contributed by atoms with van der Waals surface area (Å²) in [7, 11) is 0. The van der Waals surface area contributed by atoms with Crippen LogP contribution < -0.4 is 4.74 Å². The molecule has 2 heteroatoms. The minimum atomic E-state index is -0.423. The standard InChI is InChI=1S/C11H14O2/c1-3-8-13-11-6-4-10(5-7-11)9(2)12/h3-7,9,12H,1,8H2,2H3/t9-/m0/s1. The highest BCUT2D eigenvalue weighted by Gasteiger charge is 1.99. The predicted molar refractivity (Wildman–Crippen MR) is 52.8 cm³/mol. The molecule has 0 fully saturated rings. The van der Waals surface area contributed by atoms with Crippen molar-refractivity contribution in [2.45, 2.75) is 13.0 Å². The molecule has 0 heterocycles. The minimum Gasteiger partial charge on any atom is -0.490 e. The molecule has 70 valence electrons. The maximum atomic E-state index is 9.23. The van der Waals surface area contributed by atoms with Crippen molar-refractivity contribution in [1.82, 2.24) is 0 Å². The van der Waals surface area contributed by atoms with E-state index in [9.17, 15) is 5.11 Å². The van der Waals surface area contributed by atoms with E-state index in [0.29, 0.717) is 6.61 Å². The molecule has 0 aromatic heterocycles. The zero-order chi connectivity index (χ0) is 9.68. The summed E-state index contributed by atoms with van der Waals surface area (Å²) in [4.78, 5) is 0. The number of benzene rings is 1. The molecule has 1 rings (SSSR count). The van der Waals surface area contributed by atoms with Crippen LogP contribution in [0.4, 0.5) is 0 Å². The molecule has 0 radical (unpaired) electrons. The lowest BCUT2D eigenvalue weighted by atomic mass is 10.1. The van der Waals surface area contributed by atoms with Gasteiger partial charge in [-0.15, -0.1) is 0 Å². The van der Waals surface area contributed by atoms with Gasteiger partial charge in [0.05, 0.1) is 6.10 Å². The largest absolute Gasteiger partial charge is 0.490 e. The van der Waals surface area contributed by atoms with E-state index in [-0.39, 0.29) is 0 Å². The van der Waals surface area contributed by atoms with Gasteiger partial charge >= 0.3 is 0 Å². The fourth-order valence-electron chi connectivity index (χ4n) is 0.998. The van der Waals surface area contributed by atoms with E-state index in [1.807, 2.05) is 24.3 Å². The molecule has 0 aliphatic rings. The third kappa shape index (κ3) is 2.92. The van der Waals surface area contributed by atoms with Crippen molar-refractivity contribution in [3.8, 4) is 5.75 Å². The Morgan fingerprint density at radius 3 is 2.54 bits per heavy atom. The van der Waals surface area contributed by atoms with Gasteiger partial charge in [-0.05, 0) is 24.6 Å². The van der Waals surface area contributed by atoms with Crippen LogP contribution in [0, 0.1) is 0 Å². The molecule has 1 aromatic rings. The molecule has 2 nitrogen and oxygen atoms in total. The van der Waals surface area contributed by atoms with Crippen molar-refractivity contribution >= 4 is 0 Å². The van der Waals surface area contributed by atoms with Crippen molar-refractivity contribution in [3.05, 3.63) is 42.5 Å². The van der Waals surface area contributed by atoms with Crippen LogP contribution in [0.25, 0.3) is 0 Å². The van der Waals surface area contributed by atoms with E-state index in [0.717, 1.165) is 11.3 Å². The molecule has 13 heavy (non-hydrogen) atoms. The number of aliphatic hydroxyl groups is 1. The van der Waals surface area contributed by atoms with Crippen LogP contribution in [-0.2, 0) is 0 Å². The highest BCUT2D eigenvalue weighted by atomic mass is 16.5. The first-order valence-electron chi connectivity index (χ1n) is 4.25. The summed E-state index contributed by atoms with van der Waals surface area (Å²) in [5.74, 6) is 0.796. The van der Waals surface area contributed by atoms with Crippen molar-refractivity contribution in [2.24, 2.45) is 0 Å². The molecule has 0 unspecified atom stereocenters. The molecule has 0 spiro atoms. The van der Waals surface area contributed by atoms with Crippen molar-refractivity contribution in [2.75, 3.05) is 6.61 Å². The lowest BCUT2D eigenvalue weighted by Gasteiger charge is -2.06. The fourth-order valence-corrected chi connectivity index (χ4v) is 0.998. The first-order chi connectivity index (χ1) is 6.24. The Morgan fingerprint density at radius 1 is 1.46 bits per heavy atom. The smallest absolute Gasteiger partial charge is 0.119 e. The molecular formula is C11H14O2. The predicted octanol–water partition coefficient (Wildman–Crippen LogP) is 2.30. The Hall–Kier alpha value is -1.28. The number of aliphatic hydroxyl groups excluding tert-OH is 1. The summed E-state index contributed by atoms with van der Waals surface area (Å²) >= 11 is 0. The van der Waals surface area contributed by atoms with E-state index in [2.05, 4.69) is 6.58 Å². The fraction of sp³-hybridized carbons (Fsp3) is 0.273. The average molecular weight is 178 g/mol. The highest BCUT2D eigenvalue weighted by Crippen LogP contribution is 2.16. The Labute approximate surface area is 78.5 Å². The van der Waals surface area contributed by atoms with Gasteiger partial charge in [0, 0.05) is 0 Å². The SMILES string of the molecule is C=CCOc1ccc([C@H](C)O)cc1. The summed E-state index contributed by atoms with van der Waals surface area (Å²) in [6, 6.07) is 7.38. The topological polar surface area (TPSA) is 29.5 Å². The molecule has 0 amide bonds. The van der Waals surface area contributed by atoms with Gasteiger partial charge in [0.15, 0.2) is 0 Å². The zero-order valence-corrected chi connectivity index (χ0v) is 7.73. The van der Waals surface area contributed by atoms with Gasteiger partial charge < -0.3 is 9.84 Å². The maximum Gasteiger partial charge on any atom is 0.119 e. The zero-order valence-electron chi connectivity index (χ0n) is 7.73. The van der Waals surface area contributed by atoms with Crippen LogP contribution in [0.1, 0.15) is 18.6 Å². The monoisotopic (exact) mass is 178 g/mol. The minimum absolute atomic E-state index is 0.423. The molecule has 1 aromatic carbocycles. The Balaban J connectivity index is 2.64. The van der Waals surface area contributed by atoms with Crippen LogP contribution in [0.3, 0.4) is 0 Å². The second-order valence-corrected chi connectivity index (χ2v) is 2.84. The molecular weight excluding hydrogens is 164 g/mol. The van der Waals surface area contributed by atoms with E-state index < -0.39 is 6.10 Å². The number of hydrogen-bond donors (Lipinski definition) is 1. The Morgan fingerprint density at radius 2 is 2.08 bits per heavy atom. The van der Waals surface area contributed by atoms with Gasteiger partial charge in [0.25, 0.3) is 0 Å². The molecule has 0 saturated carbocycles. The number of rotatable bonds is 4. The molecule has 0 saturated heterocycles. The Kier molecular flexibility index (Phi) is 3.53. The number of hydrogen-bond acceptors (Lipinski definition) is 2. The van der Waals surface area contributed by atoms with E-state index in [1.54, 1.807) is 13.0 Å². The number of ether oxygens (including phenoxy) is 1. The first-order valence-corrected chi connectivity index (χ1v) is 4.25. The average Bonchev–Trinajstić information content (AvgIpc) is 2.15. The molecule has 1 atom stereocenters. The normalized spacial score (nSPS) is 12.2. The van der Waals surface area contributed by atoms with Crippen LogP contribution >= 0.6 is 0 Å². The van der Waals surface area contributed by atoms with Gasteiger partial charge in [0.1, 0.15) is 12.4 Å². The van der Waals surface area contributed by atoms with Gasteiger partial charge in [-0.25, -0.2) is 0 Å². The van der Waals surface area contributed by atoms with Crippen molar-refractivity contribution in [1.29, 1.82) is 0 Å². The summed E-state index contributed by atoms with van der Waals surface area (Å²) < 4.78 is 5.29. The summed E-state index contributed by atoms with van der Waals surface area (Å²) in [6.07, 6.45) is 1.27. The lowest BCUT2D eigenvalue weighted by Crippen LogP contribution is -1.94. The van der Waals surface area contributed by atoms with Crippen LogP contribution in [0.5, 0.6) is 5.75 Å². The van der Waals surface area contributed by atoms with Crippen molar-refractivity contribution in [3.63, 3.8) is 0 Å². The van der Waals surface area contributed by atoms with Gasteiger partial charge in [-0.3, -0.25) is 0 Å². The van der Waals surface area contributed by atoms with Crippen LogP contribution in [-0.4, -0.2) is 11.7 Å². The second-order valence-electron chi connectivity index (χ2n) is 2.84. The quantitative estimate of drug-likeness (QED) is 0.717. The maximum absolute atomic E-state index is 9.23. The van der Waals surface area contributed by atoms with E-state index >= 15 is 0 Å². The summed E-state index contributed by atoms with van der Waals surface area (Å²) in [5, 5.41) is 9.23. The van der Waals surface area contributed by atoms with E-state index in [4.69, 9.17) is 4.74 Å². The second kappa shape index (κ2) is 4.67. The van der Waals surface area contributed by atoms with E-state index in [1.165, 1.54) is 0 Å². The van der Waals surface area contributed by atoms with Gasteiger partial charge in [0.2, 0.25) is 0 Å².